The third-order valence-electron chi connectivity index (χ3n) is 8.57. The van der Waals surface area contributed by atoms with Gasteiger partial charge >= 0.3 is 11.9 Å². The molecule has 2 N–H and O–H groups in total. The third kappa shape index (κ3) is 1.65. The molecule has 2 bridgehead atoms. The van der Waals surface area contributed by atoms with Crippen molar-refractivity contribution in [2.75, 3.05) is 0 Å². The van der Waals surface area contributed by atoms with Crippen LogP contribution in [0.2, 0.25) is 0 Å². The molecule has 0 aromatic carbocycles. The predicted octanol–water partition coefficient (Wildman–Crippen LogP) is 3.96. The van der Waals surface area contributed by atoms with Crippen molar-refractivity contribution in [2.45, 2.75) is 58.8 Å². The Labute approximate surface area is 143 Å². The summed E-state index contributed by atoms with van der Waals surface area (Å²) in [5.74, 6) is -1.64. The number of hydrogen-bond acceptors (Lipinski definition) is 2. The minimum absolute atomic E-state index is 0.177. The van der Waals surface area contributed by atoms with Crippen molar-refractivity contribution in [3.8, 4) is 0 Å². The molecule has 4 saturated carbocycles. The van der Waals surface area contributed by atoms with Crippen LogP contribution in [0.1, 0.15) is 58.8 Å². The maximum absolute atomic E-state index is 12.4. The number of rotatable bonds is 2. The zero-order valence-corrected chi connectivity index (χ0v) is 14.7. The van der Waals surface area contributed by atoms with E-state index in [4.69, 9.17) is 0 Å². The first kappa shape index (κ1) is 16.2. The number of carboxylic acid groups (broad SMARTS) is 2. The number of fused-ring (bicyclic) bond motifs is 3. The number of allylic oxidation sites excluding steroid dienone is 1. The molecule has 0 heterocycles. The molecule has 0 saturated heterocycles. The smallest absolute Gasteiger partial charge is 0.309 e. The summed E-state index contributed by atoms with van der Waals surface area (Å²) in [4.78, 5) is 24.6. The highest BCUT2D eigenvalue weighted by Crippen LogP contribution is 2.77. The molecule has 7 unspecified atom stereocenters. The molecular weight excluding hydrogens is 304 g/mol. The van der Waals surface area contributed by atoms with Crippen molar-refractivity contribution in [1.82, 2.24) is 0 Å². The zero-order valence-electron chi connectivity index (χ0n) is 14.7. The second-order valence-electron chi connectivity index (χ2n) is 9.47. The Morgan fingerprint density at radius 2 is 1.88 bits per heavy atom. The van der Waals surface area contributed by atoms with E-state index in [0.717, 1.165) is 38.5 Å². The average Bonchev–Trinajstić information content (AvgIpc) is 2.87. The first-order valence-corrected chi connectivity index (χ1v) is 9.31. The molecule has 4 aliphatic carbocycles. The largest absolute Gasteiger partial charge is 0.481 e. The van der Waals surface area contributed by atoms with Gasteiger partial charge in [0.15, 0.2) is 0 Å². The summed E-state index contributed by atoms with van der Waals surface area (Å²) in [5.41, 5.74) is -0.152. The molecule has 0 radical (unpaired) electrons. The summed E-state index contributed by atoms with van der Waals surface area (Å²) in [6.07, 6.45) is 6.29. The Morgan fingerprint density at radius 3 is 2.50 bits per heavy atom. The molecule has 4 nitrogen and oxygen atoms in total. The zero-order chi connectivity index (χ0) is 17.5. The van der Waals surface area contributed by atoms with Crippen LogP contribution < -0.4 is 0 Å². The van der Waals surface area contributed by atoms with Crippen molar-refractivity contribution in [3.05, 3.63) is 12.2 Å². The van der Waals surface area contributed by atoms with Gasteiger partial charge in [-0.05, 0) is 74.0 Å². The van der Waals surface area contributed by atoms with Gasteiger partial charge in [-0.25, -0.2) is 0 Å². The van der Waals surface area contributed by atoms with Crippen LogP contribution >= 0.6 is 0 Å². The van der Waals surface area contributed by atoms with Crippen molar-refractivity contribution in [3.63, 3.8) is 0 Å². The molecular formula is C20H28O4. The van der Waals surface area contributed by atoms with Crippen LogP contribution in [0.3, 0.4) is 0 Å². The molecule has 1 spiro atoms. The highest BCUT2D eigenvalue weighted by Gasteiger charge is 2.75. The maximum atomic E-state index is 12.4. The summed E-state index contributed by atoms with van der Waals surface area (Å²) in [7, 11) is 0. The van der Waals surface area contributed by atoms with Gasteiger partial charge in [0.25, 0.3) is 0 Å². The second-order valence-corrected chi connectivity index (χ2v) is 9.47. The van der Waals surface area contributed by atoms with Gasteiger partial charge in [0.1, 0.15) is 0 Å². The fourth-order valence-corrected chi connectivity index (χ4v) is 7.88. The highest BCUT2D eigenvalue weighted by atomic mass is 16.4. The maximum Gasteiger partial charge on any atom is 0.309 e. The Bertz CT molecular complexity index is 640. The molecule has 7 atom stereocenters. The standard InChI is InChI=1S/C20H28O4/c1-11-9-20-10-12(11)5-6-13(20)18(2)7-4-8-19(3,17(23)24)15(18)14(20)16(21)22/h12-15H,1,4-10H2,2-3H3,(H,21,22)(H,23,24). The van der Waals surface area contributed by atoms with Gasteiger partial charge < -0.3 is 10.2 Å². The second kappa shape index (κ2) is 4.64. The summed E-state index contributed by atoms with van der Waals surface area (Å²) in [6, 6.07) is 0. The summed E-state index contributed by atoms with van der Waals surface area (Å²) < 4.78 is 0. The van der Waals surface area contributed by atoms with Crippen LogP contribution in [-0.4, -0.2) is 22.2 Å². The first-order chi connectivity index (χ1) is 11.2. The molecule has 132 valence electrons. The SMILES string of the molecule is C=C1CC23CC1CCC2C1(C)CCCC(C)(C(=O)O)C1C3C(=O)O. The Hall–Kier alpha value is -1.32. The first-order valence-electron chi connectivity index (χ1n) is 9.31. The van der Waals surface area contributed by atoms with E-state index < -0.39 is 23.3 Å². The minimum Gasteiger partial charge on any atom is -0.481 e. The minimum atomic E-state index is -0.929. The topological polar surface area (TPSA) is 74.6 Å². The summed E-state index contributed by atoms with van der Waals surface area (Å²) >= 11 is 0. The number of aliphatic carboxylic acids is 2. The molecule has 0 aromatic rings. The Morgan fingerprint density at radius 1 is 1.17 bits per heavy atom. The van der Waals surface area contributed by atoms with E-state index >= 15 is 0 Å². The van der Waals surface area contributed by atoms with E-state index in [1.165, 1.54) is 5.57 Å². The van der Waals surface area contributed by atoms with Crippen LogP contribution in [0.4, 0.5) is 0 Å². The lowest BCUT2D eigenvalue weighted by atomic mass is 9.53. The molecule has 0 aliphatic heterocycles. The lowest BCUT2D eigenvalue weighted by Crippen LogP contribution is -2.50. The van der Waals surface area contributed by atoms with E-state index in [9.17, 15) is 19.8 Å². The third-order valence-corrected chi connectivity index (χ3v) is 8.57. The quantitative estimate of drug-likeness (QED) is 0.751. The molecule has 24 heavy (non-hydrogen) atoms. The normalized spacial score (nSPS) is 52.7. The predicted molar refractivity (Wildman–Crippen MR) is 89.3 cm³/mol. The fraction of sp³-hybridized carbons (Fsp3) is 0.800. The van der Waals surface area contributed by atoms with Gasteiger partial charge in [0.2, 0.25) is 0 Å². The van der Waals surface area contributed by atoms with Crippen molar-refractivity contribution >= 4 is 11.9 Å². The molecule has 0 amide bonds. The number of carbonyl (C=O) groups is 2. The molecule has 4 heteroatoms. The summed E-state index contributed by atoms with van der Waals surface area (Å²) in [5, 5.41) is 20.2. The van der Waals surface area contributed by atoms with E-state index in [2.05, 4.69) is 13.5 Å². The van der Waals surface area contributed by atoms with E-state index in [1.807, 2.05) is 6.92 Å². The monoisotopic (exact) mass is 332 g/mol. The van der Waals surface area contributed by atoms with Crippen LogP contribution in [0.25, 0.3) is 0 Å². The fourth-order valence-electron chi connectivity index (χ4n) is 7.88. The molecule has 0 aromatic heterocycles. The van der Waals surface area contributed by atoms with Crippen LogP contribution in [0.5, 0.6) is 0 Å². The number of carboxylic acids is 2. The number of hydrogen-bond donors (Lipinski definition) is 2. The average molecular weight is 332 g/mol. The lowest BCUT2D eigenvalue weighted by Gasteiger charge is -2.50. The lowest BCUT2D eigenvalue weighted by molar-refractivity contribution is -0.166. The highest BCUT2D eigenvalue weighted by molar-refractivity contribution is 5.79. The molecule has 4 rings (SSSR count). The van der Waals surface area contributed by atoms with Gasteiger partial charge in [0, 0.05) is 0 Å². The van der Waals surface area contributed by atoms with Gasteiger partial charge in [-0.15, -0.1) is 0 Å². The van der Waals surface area contributed by atoms with Crippen LogP contribution in [-0.2, 0) is 9.59 Å². The van der Waals surface area contributed by atoms with E-state index in [1.54, 1.807) is 0 Å². The Balaban J connectivity index is 1.93. The van der Waals surface area contributed by atoms with Crippen molar-refractivity contribution in [1.29, 1.82) is 0 Å². The van der Waals surface area contributed by atoms with E-state index in [0.29, 0.717) is 18.3 Å². The van der Waals surface area contributed by atoms with Gasteiger partial charge in [0.05, 0.1) is 11.3 Å². The van der Waals surface area contributed by atoms with Crippen molar-refractivity contribution < 1.29 is 19.8 Å². The molecule has 4 aliphatic rings. The Kier molecular flexibility index (Phi) is 3.13. The van der Waals surface area contributed by atoms with Crippen LogP contribution in [0, 0.1) is 39.9 Å². The van der Waals surface area contributed by atoms with Crippen molar-refractivity contribution in [2.24, 2.45) is 39.9 Å². The van der Waals surface area contributed by atoms with Gasteiger partial charge in [-0.3, -0.25) is 9.59 Å². The molecule has 4 fully saturated rings. The van der Waals surface area contributed by atoms with Crippen LogP contribution in [0.15, 0.2) is 12.2 Å². The van der Waals surface area contributed by atoms with Gasteiger partial charge in [-0.1, -0.05) is 25.5 Å². The summed E-state index contributed by atoms with van der Waals surface area (Å²) in [6.45, 7) is 8.26. The van der Waals surface area contributed by atoms with E-state index in [-0.39, 0.29) is 16.7 Å². The van der Waals surface area contributed by atoms with Gasteiger partial charge in [-0.2, -0.15) is 0 Å².